The SMILES string of the molecule is Cc1c([C@H]2[C@H](c3ccccn3)NC(=S)N2c2ccc(C(C)C)cc2)c(C)n(-c2cccc(Cl)c2)c1C. The first-order valence-corrected chi connectivity index (χ1v) is 13.1. The first kappa shape index (κ1) is 24.5. The Kier molecular flexibility index (Phi) is 6.62. The standard InChI is InChI=1S/C30H31ClN4S/c1-18(2)22-12-14-24(15-13-22)35-29(28(33-30(35)36)26-11-6-7-16-32-26)27-19(3)20(4)34(21(27)5)25-10-8-9-23(31)17-25/h6-18,28-29H,1-5H3,(H,33,36)/t28-,29-/m0/s1. The molecule has 1 aliphatic heterocycles. The van der Waals surface area contributed by atoms with E-state index in [2.05, 4.69) is 85.8 Å². The highest BCUT2D eigenvalue weighted by Gasteiger charge is 2.43. The van der Waals surface area contributed by atoms with Crippen LogP contribution in [0.2, 0.25) is 5.02 Å². The van der Waals surface area contributed by atoms with Gasteiger partial charge >= 0.3 is 0 Å². The summed E-state index contributed by atoms with van der Waals surface area (Å²) in [6.45, 7) is 11.0. The molecule has 4 nitrogen and oxygen atoms in total. The molecule has 2 atom stereocenters. The molecular formula is C30H31ClN4S. The molecule has 184 valence electrons. The summed E-state index contributed by atoms with van der Waals surface area (Å²) in [4.78, 5) is 6.98. The third-order valence-electron chi connectivity index (χ3n) is 7.31. The molecule has 6 heteroatoms. The van der Waals surface area contributed by atoms with Crippen LogP contribution in [0.3, 0.4) is 0 Å². The summed E-state index contributed by atoms with van der Waals surface area (Å²) in [5.74, 6) is 0.471. The molecule has 0 radical (unpaired) electrons. The van der Waals surface area contributed by atoms with Gasteiger partial charge in [0.1, 0.15) is 0 Å². The first-order valence-electron chi connectivity index (χ1n) is 12.3. The Hall–Kier alpha value is -3.15. The number of pyridine rings is 1. The Balaban J connectivity index is 1.70. The van der Waals surface area contributed by atoms with Crippen molar-refractivity contribution in [1.29, 1.82) is 0 Å². The number of anilines is 1. The van der Waals surface area contributed by atoms with Crippen LogP contribution < -0.4 is 10.2 Å². The molecule has 0 saturated carbocycles. The van der Waals surface area contributed by atoms with Gasteiger partial charge < -0.3 is 14.8 Å². The van der Waals surface area contributed by atoms with Crippen molar-refractivity contribution < 1.29 is 0 Å². The number of hydrogen-bond donors (Lipinski definition) is 1. The topological polar surface area (TPSA) is 33.1 Å². The van der Waals surface area contributed by atoms with E-state index < -0.39 is 0 Å². The molecule has 1 fully saturated rings. The lowest BCUT2D eigenvalue weighted by molar-refractivity contribution is 0.563. The summed E-state index contributed by atoms with van der Waals surface area (Å²) in [6.07, 6.45) is 1.85. The number of thiocarbonyl (C=S) groups is 1. The Morgan fingerprint density at radius 2 is 1.67 bits per heavy atom. The van der Waals surface area contributed by atoms with Crippen molar-refractivity contribution in [2.75, 3.05) is 4.90 Å². The largest absolute Gasteiger partial charge is 0.351 e. The van der Waals surface area contributed by atoms with Crippen molar-refractivity contribution >= 4 is 34.6 Å². The molecule has 3 heterocycles. The minimum Gasteiger partial charge on any atom is -0.351 e. The van der Waals surface area contributed by atoms with Crippen LogP contribution in [0.1, 0.15) is 65.6 Å². The van der Waals surface area contributed by atoms with Gasteiger partial charge in [-0.3, -0.25) is 4.98 Å². The maximum absolute atomic E-state index is 6.38. The molecule has 2 aromatic carbocycles. The molecule has 2 aromatic heterocycles. The van der Waals surface area contributed by atoms with Crippen LogP contribution in [-0.2, 0) is 0 Å². The molecule has 0 unspecified atom stereocenters. The summed E-state index contributed by atoms with van der Waals surface area (Å²) >= 11 is 12.3. The lowest BCUT2D eigenvalue weighted by Crippen LogP contribution is -2.29. The Labute approximate surface area is 223 Å². The van der Waals surface area contributed by atoms with Gasteiger partial charge in [-0.1, -0.05) is 49.7 Å². The van der Waals surface area contributed by atoms with Crippen LogP contribution in [0.4, 0.5) is 5.69 Å². The maximum atomic E-state index is 6.38. The van der Waals surface area contributed by atoms with E-state index in [-0.39, 0.29) is 12.1 Å². The third kappa shape index (κ3) is 4.21. The van der Waals surface area contributed by atoms with E-state index in [4.69, 9.17) is 28.8 Å². The van der Waals surface area contributed by atoms with Crippen LogP contribution in [-0.4, -0.2) is 14.7 Å². The van der Waals surface area contributed by atoms with E-state index in [1.807, 2.05) is 36.5 Å². The van der Waals surface area contributed by atoms with Gasteiger partial charge in [-0.05, 0) is 92.5 Å². The van der Waals surface area contributed by atoms with Crippen molar-refractivity contribution in [3.8, 4) is 5.69 Å². The second-order valence-electron chi connectivity index (χ2n) is 9.77. The monoisotopic (exact) mass is 514 g/mol. The van der Waals surface area contributed by atoms with Crippen molar-refractivity contribution in [2.45, 2.75) is 52.6 Å². The van der Waals surface area contributed by atoms with Gasteiger partial charge in [0.05, 0.1) is 17.8 Å². The third-order valence-corrected chi connectivity index (χ3v) is 7.86. The minimum atomic E-state index is -0.0875. The van der Waals surface area contributed by atoms with Crippen molar-refractivity contribution in [3.05, 3.63) is 112 Å². The normalized spacial score (nSPS) is 17.6. The van der Waals surface area contributed by atoms with E-state index in [1.54, 1.807) is 0 Å². The lowest BCUT2D eigenvalue weighted by Gasteiger charge is -2.29. The lowest BCUT2D eigenvalue weighted by atomic mass is 9.93. The number of benzene rings is 2. The van der Waals surface area contributed by atoms with Crippen LogP contribution in [0, 0.1) is 20.8 Å². The molecule has 1 N–H and O–H groups in total. The predicted molar refractivity (Wildman–Crippen MR) is 153 cm³/mol. The fraction of sp³-hybridized carbons (Fsp3) is 0.267. The average molecular weight is 515 g/mol. The number of nitrogens with zero attached hydrogens (tertiary/aromatic N) is 3. The average Bonchev–Trinajstić information content (AvgIpc) is 3.31. The maximum Gasteiger partial charge on any atom is 0.174 e. The van der Waals surface area contributed by atoms with E-state index in [9.17, 15) is 0 Å². The van der Waals surface area contributed by atoms with E-state index in [1.165, 1.54) is 28.1 Å². The van der Waals surface area contributed by atoms with Crippen LogP contribution in [0.5, 0.6) is 0 Å². The summed E-state index contributed by atoms with van der Waals surface area (Å²) in [5.41, 5.74) is 9.28. The van der Waals surface area contributed by atoms with Gasteiger partial charge in [0.15, 0.2) is 5.11 Å². The summed E-state index contributed by atoms with van der Waals surface area (Å²) in [7, 11) is 0. The second-order valence-corrected chi connectivity index (χ2v) is 10.6. The number of halogens is 1. The molecule has 0 spiro atoms. The molecule has 0 aliphatic carbocycles. The molecular weight excluding hydrogens is 484 g/mol. The Bertz CT molecular complexity index is 1410. The first-order chi connectivity index (χ1) is 17.3. The number of hydrogen-bond acceptors (Lipinski definition) is 2. The highest BCUT2D eigenvalue weighted by Crippen LogP contribution is 2.45. The zero-order valence-corrected chi connectivity index (χ0v) is 22.9. The van der Waals surface area contributed by atoms with Gasteiger partial charge in [0.25, 0.3) is 0 Å². The summed E-state index contributed by atoms with van der Waals surface area (Å²) in [6, 6.07) is 22.7. The zero-order chi connectivity index (χ0) is 25.6. The fourth-order valence-electron chi connectivity index (χ4n) is 5.39. The van der Waals surface area contributed by atoms with Gasteiger partial charge in [-0.2, -0.15) is 0 Å². The van der Waals surface area contributed by atoms with E-state index in [0.717, 1.165) is 22.1 Å². The van der Waals surface area contributed by atoms with Crippen LogP contribution >= 0.6 is 23.8 Å². The van der Waals surface area contributed by atoms with Crippen molar-refractivity contribution in [2.24, 2.45) is 0 Å². The van der Waals surface area contributed by atoms with Gasteiger partial charge in [-0.15, -0.1) is 0 Å². The molecule has 1 aliphatic rings. The minimum absolute atomic E-state index is 0.0589. The van der Waals surface area contributed by atoms with Gasteiger partial charge in [0.2, 0.25) is 0 Å². The Morgan fingerprint density at radius 3 is 2.31 bits per heavy atom. The van der Waals surface area contributed by atoms with Crippen LogP contribution in [0.15, 0.2) is 72.9 Å². The summed E-state index contributed by atoms with van der Waals surface area (Å²) in [5, 5.41) is 5.03. The van der Waals surface area contributed by atoms with Gasteiger partial charge in [-0.25, -0.2) is 0 Å². The van der Waals surface area contributed by atoms with Crippen molar-refractivity contribution in [3.63, 3.8) is 0 Å². The highest BCUT2D eigenvalue weighted by molar-refractivity contribution is 7.80. The zero-order valence-electron chi connectivity index (χ0n) is 21.3. The number of nitrogens with one attached hydrogen (secondary N) is 1. The highest BCUT2D eigenvalue weighted by atomic mass is 35.5. The van der Waals surface area contributed by atoms with Gasteiger partial charge in [0, 0.05) is 39.5 Å². The number of rotatable bonds is 5. The van der Waals surface area contributed by atoms with Crippen LogP contribution in [0.25, 0.3) is 5.69 Å². The summed E-state index contributed by atoms with van der Waals surface area (Å²) < 4.78 is 2.30. The second kappa shape index (κ2) is 9.72. The molecule has 0 amide bonds. The molecule has 0 bridgehead atoms. The molecule has 1 saturated heterocycles. The molecule has 5 rings (SSSR count). The van der Waals surface area contributed by atoms with E-state index in [0.29, 0.717) is 11.0 Å². The fourth-order valence-corrected chi connectivity index (χ4v) is 5.92. The molecule has 4 aromatic rings. The predicted octanol–water partition coefficient (Wildman–Crippen LogP) is 7.75. The Morgan fingerprint density at radius 1 is 0.917 bits per heavy atom. The number of aromatic nitrogens is 2. The molecule has 36 heavy (non-hydrogen) atoms. The quantitative estimate of drug-likeness (QED) is 0.276. The smallest absolute Gasteiger partial charge is 0.174 e. The van der Waals surface area contributed by atoms with Crippen molar-refractivity contribution in [1.82, 2.24) is 14.9 Å². The van der Waals surface area contributed by atoms with E-state index >= 15 is 0 Å².